The molecule has 1 rings (SSSR count). The molecule has 0 aliphatic heterocycles. The maximum atomic E-state index is 13.2. The minimum atomic E-state index is -3.64. The zero-order valence-electron chi connectivity index (χ0n) is 8.68. The number of halogens is 1. The van der Waals surface area contributed by atoms with Crippen molar-refractivity contribution in [1.82, 2.24) is 0 Å². The Hall–Kier alpha value is -1.67. The minimum Gasteiger partial charge on any atom is -0.478 e. The van der Waals surface area contributed by atoms with Crippen LogP contribution < -0.4 is 10.5 Å². The average Bonchev–Trinajstić information content (AvgIpc) is 2.14. The third kappa shape index (κ3) is 4.00. The normalized spacial score (nSPS) is 11.2. The zero-order chi connectivity index (χ0) is 13.1. The number of hydrogen-bond acceptors (Lipinski definition) is 4. The van der Waals surface area contributed by atoms with Crippen LogP contribution in [0.15, 0.2) is 18.2 Å². The number of nitrogens with one attached hydrogen (secondary N) is 1. The van der Waals surface area contributed by atoms with E-state index in [4.69, 9.17) is 10.2 Å². The van der Waals surface area contributed by atoms with Gasteiger partial charge in [-0.2, -0.15) is 0 Å². The van der Waals surface area contributed by atoms with Crippen LogP contribution in [0.2, 0.25) is 0 Å². The van der Waals surface area contributed by atoms with Gasteiger partial charge in [0.15, 0.2) is 0 Å². The Labute approximate surface area is 97.3 Å². The van der Waals surface area contributed by atoms with Gasteiger partial charge in [-0.15, -0.1) is 0 Å². The Bertz CT molecular complexity index is 530. The molecule has 0 radical (unpaired) electrons. The van der Waals surface area contributed by atoms with Crippen LogP contribution in [-0.4, -0.2) is 31.8 Å². The summed E-state index contributed by atoms with van der Waals surface area (Å²) in [6.45, 7) is -0.0947. The van der Waals surface area contributed by atoms with E-state index in [0.29, 0.717) is 0 Å². The molecule has 0 aromatic heterocycles. The van der Waals surface area contributed by atoms with Crippen molar-refractivity contribution in [2.45, 2.75) is 0 Å². The molecule has 1 aromatic rings. The molecule has 4 N–H and O–H groups in total. The lowest BCUT2D eigenvalue weighted by Crippen LogP contribution is -2.23. The van der Waals surface area contributed by atoms with Crippen molar-refractivity contribution in [2.75, 3.05) is 17.6 Å². The Morgan fingerprint density at radius 1 is 1.47 bits per heavy atom. The fourth-order valence-electron chi connectivity index (χ4n) is 1.22. The number of carboxylic acids is 1. The van der Waals surface area contributed by atoms with Gasteiger partial charge in [0.1, 0.15) is 11.4 Å². The highest BCUT2D eigenvalue weighted by Gasteiger charge is 2.15. The molecule has 0 unspecified atom stereocenters. The van der Waals surface area contributed by atoms with Crippen LogP contribution in [0.1, 0.15) is 10.4 Å². The van der Waals surface area contributed by atoms with E-state index in [9.17, 15) is 17.6 Å². The molecular formula is C9H11FN2O4S. The maximum Gasteiger partial charge on any atom is 0.340 e. The first kappa shape index (κ1) is 13.4. The topological polar surface area (TPSA) is 109 Å². The van der Waals surface area contributed by atoms with Gasteiger partial charge in [0.25, 0.3) is 0 Å². The highest BCUT2D eigenvalue weighted by molar-refractivity contribution is 7.89. The lowest BCUT2D eigenvalue weighted by molar-refractivity contribution is 0.0693. The van der Waals surface area contributed by atoms with Crippen molar-refractivity contribution in [2.24, 2.45) is 5.14 Å². The summed E-state index contributed by atoms with van der Waals surface area (Å²) in [6.07, 6.45) is 0. The van der Waals surface area contributed by atoms with Gasteiger partial charge in [-0.05, 0) is 12.1 Å². The van der Waals surface area contributed by atoms with Crippen molar-refractivity contribution >= 4 is 21.7 Å². The predicted octanol–water partition coefficient (Wildman–Crippen LogP) is 0.224. The smallest absolute Gasteiger partial charge is 0.340 e. The van der Waals surface area contributed by atoms with E-state index in [0.717, 1.165) is 6.07 Å². The summed E-state index contributed by atoms with van der Waals surface area (Å²) in [6, 6.07) is 3.67. The molecule has 0 atom stereocenters. The largest absolute Gasteiger partial charge is 0.478 e. The third-order valence-corrected chi connectivity index (χ3v) is 2.70. The average molecular weight is 262 g/mol. The molecule has 94 valence electrons. The van der Waals surface area contributed by atoms with Crippen LogP contribution >= 0.6 is 0 Å². The number of carboxylic acid groups (broad SMARTS) is 1. The SMILES string of the molecule is NS(=O)(=O)CCNc1cccc(F)c1C(=O)O. The van der Waals surface area contributed by atoms with Crippen molar-refractivity contribution in [3.63, 3.8) is 0 Å². The van der Waals surface area contributed by atoms with Gasteiger partial charge < -0.3 is 10.4 Å². The summed E-state index contributed by atoms with van der Waals surface area (Å²) in [5.41, 5.74) is -0.511. The number of primary sulfonamides is 1. The van der Waals surface area contributed by atoms with E-state index in [2.05, 4.69) is 5.32 Å². The molecule has 0 bridgehead atoms. The number of rotatable bonds is 5. The number of carbonyl (C=O) groups is 1. The molecule has 0 aliphatic rings. The van der Waals surface area contributed by atoms with E-state index in [-0.39, 0.29) is 18.0 Å². The van der Waals surface area contributed by atoms with Gasteiger partial charge in [-0.25, -0.2) is 22.7 Å². The summed E-state index contributed by atoms with van der Waals surface area (Å²) in [5.74, 6) is -2.69. The third-order valence-electron chi connectivity index (χ3n) is 1.93. The molecule has 0 saturated carbocycles. The van der Waals surface area contributed by atoms with Crippen molar-refractivity contribution < 1.29 is 22.7 Å². The molecule has 8 heteroatoms. The first-order valence-corrected chi connectivity index (χ1v) is 6.29. The van der Waals surface area contributed by atoms with E-state index in [1.54, 1.807) is 0 Å². The van der Waals surface area contributed by atoms with Gasteiger partial charge in [0, 0.05) is 6.54 Å². The van der Waals surface area contributed by atoms with Crippen molar-refractivity contribution in [3.8, 4) is 0 Å². The fourth-order valence-corrected chi connectivity index (χ4v) is 1.60. The summed E-state index contributed by atoms with van der Waals surface area (Å²) in [7, 11) is -3.64. The number of anilines is 1. The number of sulfonamides is 1. The molecule has 0 amide bonds. The van der Waals surface area contributed by atoms with Crippen LogP contribution in [0.25, 0.3) is 0 Å². The highest BCUT2D eigenvalue weighted by atomic mass is 32.2. The number of benzene rings is 1. The van der Waals surface area contributed by atoms with Crippen molar-refractivity contribution in [1.29, 1.82) is 0 Å². The highest BCUT2D eigenvalue weighted by Crippen LogP contribution is 2.18. The standard InChI is InChI=1S/C9H11FN2O4S/c10-6-2-1-3-7(8(6)9(13)14)12-4-5-17(11,15)16/h1-3,12H,4-5H2,(H,13,14)(H2,11,15,16). The number of aromatic carboxylic acids is 1. The summed E-state index contributed by atoms with van der Waals surface area (Å²) >= 11 is 0. The quantitative estimate of drug-likeness (QED) is 0.703. The van der Waals surface area contributed by atoms with Crippen LogP contribution in [0.3, 0.4) is 0 Å². The molecule has 17 heavy (non-hydrogen) atoms. The molecule has 1 aromatic carbocycles. The second kappa shape index (κ2) is 5.11. The first-order valence-electron chi connectivity index (χ1n) is 4.57. The van der Waals surface area contributed by atoms with E-state index < -0.39 is 27.4 Å². The van der Waals surface area contributed by atoms with Crippen LogP contribution in [0.5, 0.6) is 0 Å². The molecule has 0 heterocycles. The van der Waals surface area contributed by atoms with E-state index >= 15 is 0 Å². The van der Waals surface area contributed by atoms with Gasteiger partial charge in [-0.3, -0.25) is 0 Å². The van der Waals surface area contributed by atoms with Gasteiger partial charge in [-0.1, -0.05) is 6.07 Å². The number of nitrogens with two attached hydrogens (primary N) is 1. The molecule has 0 aliphatic carbocycles. The second-order valence-corrected chi connectivity index (χ2v) is 5.00. The second-order valence-electron chi connectivity index (χ2n) is 3.26. The monoisotopic (exact) mass is 262 g/mol. The molecule has 6 nitrogen and oxygen atoms in total. The van der Waals surface area contributed by atoms with Gasteiger partial charge in [0.05, 0.1) is 11.4 Å². The Kier molecular flexibility index (Phi) is 4.02. The van der Waals surface area contributed by atoms with E-state index in [1.165, 1.54) is 12.1 Å². The summed E-state index contributed by atoms with van der Waals surface area (Å²) < 4.78 is 34.5. The van der Waals surface area contributed by atoms with Gasteiger partial charge >= 0.3 is 5.97 Å². The first-order chi connectivity index (χ1) is 7.81. The van der Waals surface area contributed by atoms with Crippen LogP contribution in [0.4, 0.5) is 10.1 Å². The molecule has 0 fully saturated rings. The Morgan fingerprint density at radius 3 is 2.65 bits per heavy atom. The maximum absolute atomic E-state index is 13.2. The lowest BCUT2D eigenvalue weighted by Gasteiger charge is -2.09. The van der Waals surface area contributed by atoms with Crippen LogP contribution in [0, 0.1) is 5.82 Å². The van der Waals surface area contributed by atoms with E-state index in [1.807, 2.05) is 0 Å². The van der Waals surface area contributed by atoms with Gasteiger partial charge in [0.2, 0.25) is 10.0 Å². The van der Waals surface area contributed by atoms with Crippen molar-refractivity contribution in [3.05, 3.63) is 29.6 Å². The van der Waals surface area contributed by atoms with Crippen LogP contribution in [-0.2, 0) is 10.0 Å². The Morgan fingerprint density at radius 2 is 2.12 bits per heavy atom. The molecule has 0 spiro atoms. The fraction of sp³-hybridized carbons (Fsp3) is 0.222. The molecule has 0 saturated heterocycles. The number of hydrogen-bond donors (Lipinski definition) is 3. The molecular weight excluding hydrogens is 251 g/mol. The summed E-state index contributed by atoms with van der Waals surface area (Å²) in [4.78, 5) is 10.8. The minimum absolute atomic E-state index is 0.0150. The lowest BCUT2D eigenvalue weighted by atomic mass is 10.1. The zero-order valence-corrected chi connectivity index (χ0v) is 9.50. The Balaban J connectivity index is 2.85. The predicted molar refractivity (Wildman–Crippen MR) is 59.8 cm³/mol. The summed E-state index contributed by atoms with van der Waals surface area (Å²) in [5, 5.41) is 16.1.